The predicted molar refractivity (Wildman–Crippen MR) is 98.6 cm³/mol. The molecule has 0 spiro atoms. The number of fused-ring (bicyclic) bond motifs is 1. The SMILES string of the molecule is CN=C(NCC1CN2CCCC2CO1)N(C)Cc1cccc(Cl)c1. The number of aliphatic imine (C=N–C) groups is 1. The Bertz CT molecular complexity index is 580. The Morgan fingerprint density at radius 3 is 3.17 bits per heavy atom. The van der Waals surface area contributed by atoms with Crippen molar-refractivity contribution in [3.05, 3.63) is 34.9 Å². The van der Waals surface area contributed by atoms with Gasteiger partial charge < -0.3 is 15.0 Å². The van der Waals surface area contributed by atoms with Gasteiger partial charge in [0, 0.05) is 44.8 Å². The first-order chi connectivity index (χ1) is 11.7. The maximum atomic E-state index is 6.06. The van der Waals surface area contributed by atoms with Crippen LogP contribution in [-0.4, -0.2) is 68.2 Å². The van der Waals surface area contributed by atoms with E-state index in [4.69, 9.17) is 16.3 Å². The molecule has 0 saturated carbocycles. The number of halogens is 1. The van der Waals surface area contributed by atoms with Crippen LogP contribution in [-0.2, 0) is 11.3 Å². The lowest BCUT2D eigenvalue weighted by molar-refractivity contribution is -0.0454. The lowest BCUT2D eigenvalue weighted by Gasteiger charge is -2.35. The Balaban J connectivity index is 1.49. The lowest BCUT2D eigenvalue weighted by Crippen LogP contribution is -2.51. The molecule has 0 amide bonds. The fourth-order valence-corrected chi connectivity index (χ4v) is 3.80. The maximum Gasteiger partial charge on any atom is 0.193 e. The molecular weight excluding hydrogens is 324 g/mol. The molecule has 5 nitrogen and oxygen atoms in total. The number of ether oxygens (including phenoxy) is 1. The average Bonchev–Trinajstić information content (AvgIpc) is 3.03. The lowest BCUT2D eigenvalue weighted by atomic mass is 10.2. The van der Waals surface area contributed by atoms with Crippen molar-refractivity contribution >= 4 is 17.6 Å². The Hall–Kier alpha value is -1.30. The van der Waals surface area contributed by atoms with Gasteiger partial charge in [-0.2, -0.15) is 0 Å². The summed E-state index contributed by atoms with van der Waals surface area (Å²) < 4.78 is 6.01. The number of guanidine groups is 1. The second-order valence-corrected chi connectivity index (χ2v) is 7.10. The number of nitrogens with one attached hydrogen (secondary N) is 1. The van der Waals surface area contributed by atoms with Crippen molar-refractivity contribution in [3.63, 3.8) is 0 Å². The normalized spacial score (nSPS) is 24.7. The molecule has 2 aliphatic rings. The van der Waals surface area contributed by atoms with E-state index in [1.807, 2.05) is 32.3 Å². The molecule has 2 fully saturated rings. The van der Waals surface area contributed by atoms with Crippen molar-refractivity contribution < 1.29 is 4.74 Å². The van der Waals surface area contributed by atoms with Crippen molar-refractivity contribution in [2.45, 2.75) is 31.5 Å². The third-order valence-electron chi connectivity index (χ3n) is 4.83. The minimum atomic E-state index is 0.232. The van der Waals surface area contributed by atoms with Gasteiger partial charge in [0.1, 0.15) is 0 Å². The zero-order valence-corrected chi connectivity index (χ0v) is 15.3. The molecule has 2 aliphatic heterocycles. The number of benzene rings is 1. The third-order valence-corrected chi connectivity index (χ3v) is 5.07. The fourth-order valence-electron chi connectivity index (χ4n) is 3.58. The van der Waals surface area contributed by atoms with Gasteiger partial charge >= 0.3 is 0 Å². The van der Waals surface area contributed by atoms with Crippen LogP contribution in [0.4, 0.5) is 0 Å². The van der Waals surface area contributed by atoms with Crippen LogP contribution in [0, 0.1) is 0 Å². The van der Waals surface area contributed by atoms with E-state index in [1.54, 1.807) is 0 Å². The van der Waals surface area contributed by atoms with E-state index in [0.717, 1.165) is 37.2 Å². The number of morpholine rings is 1. The maximum absolute atomic E-state index is 6.06. The highest BCUT2D eigenvalue weighted by Gasteiger charge is 2.32. The predicted octanol–water partition coefficient (Wildman–Crippen LogP) is 2.21. The van der Waals surface area contributed by atoms with E-state index in [0.29, 0.717) is 6.04 Å². The molecule has 6 heteroatoms. The molecule has 2 atom stereocenters. The molecule has 1 aromatic carbocycles. The minimum absolute atomic E-state index is 0.232. The summed E-state index contributed by atoms with van der Waals surface area (Å²) in [5.41, 5.74) is 1.17. The first kappa shape index (κ1) is 17.5. The van der Waals surface area contributed by atoms with Crippen LogP contribution < -0.4 is 5.32 Å². The van der Waals surface area contributed by atoms with Crippen LogP contribution in [0.5, 0.6) is 0 Å². The Morgan fingerprint density at radius 2 is 2.38 bits per heavy atom. The molecule has 2 unspecified atom stereocenters. The summed E-state index contributed by atoms with van der Waals surface area (Å²) in [5, 5.41) is 4.21. The summed E-state index contributed by atoms with van der Waals surface area (Å²) in [6.07, 6.45) is 2.82. The summed E-state index contributed by atoms with van der Waals surface area (Å²) >= 11 is 6.06. The molecular formula is C18H27ClN4O. The van der Waals surface area contributed by atoms with Crippen LogP contribution in [0.1, 0.15) is 18.4 Å². The average molecular weight is 351 g/mol. The molecule has 0 aliphatic carbocycles. The number of hydrogen-bond acceptors (Lipinski definition) is 3. The first-order valence-corrected chi connectivity index (χ1v) is 9.05. The molecule has 132 valence electrons. The molecule has 0 bridgehead atoms. The molecule has 2 saturated heterocycles. The molecule has 24 heavy (non-hydrogen) atoms. The topological polar surface area (TPSA) is 40.1 Å². The van der Waals surface area contributed by atoms with Gasteiger partial charge in [-0.15, -0.1) is 0 Å². The van der Waals surface area contributed by atoms with E-state index < -0.39 is 0 Å². The fraction of sp³-hybridized carbons (Fsp3) is 0.611. The number of hydrogen-bond donors (Lipinski definition) is 1. The van der Waals surface area contributed by atoms with Crippen LogP contribution in [0.15, 0.2) is 29.3 Å². The van der Waals surface area contributed by atoms with Crippen LogP contribution in [0.3, 0.4) is 0 Å². The van der Waals surface area contributed by atoms with Crippen LogP contribution in [0.25, 0.3) is 0 Å². The summed E-state index contributed by atoms with van der Waals surface area (Å²) in [7, 11) is 3.85. The Kier molecular flexibility index (Phi) is 5.98. The number of rotatable bonds is 4. The van der Waals surface area contributed by atoms with E-state index in [9.17, 15) is 0 Å². The van der Waals surface area contributed by atoms with Crippen molar-refractivity contribution in [2.75, 3.05) is 40.3 Å². The van der Waals surface area contributed by atoms with E-state index in [2.05, 4.69) is 26.2 Å². The van der Waals surface area contributed by atoms with Gasteiger partial charge in [0.15, 0.2) is 5.96 Å². The summed E-state index contributed by atoms with van der Waals surface area (Å²) in [5.74, 6) is 0.877. The van der Waals surface area contributed by atoms with Crippen LogP contribution in [0.2, 0.25) is 5.02 Å². The zero-order chi connectivity index (χ0) is 16.9. The molecule has 3 rings (SSSR count). The zero-order valence-electron chi connectivity index (χ0n) is 14.5. The van der Waals surface area contributed by atoms with Crippen molar-refractivity contribution in [1.29, 1.82) is 0 Å². The van der Waals surface area contributed by atoms with Crippen molar-refractivity contribution in [1.82, 2.24) is 15.1 Å². The van der Waals surface area contributed by atoms with Crippen LogP contribution >= 0.6 is 11.6 Å². The molecule has 2 heterocycles. The molecule has 0 aromatic heterocycles. The molecule has 1 N–H and O–H groups in total. The minimum Gasteiger partial charge on any atom is -0.373 e. The molecule has 0 radical (unpaired) electrons. The van der Waals surface area contributed by atoms with E-state index in [1.165, 1.54) is 24.9 Å². The Labute approximate surface area is 149 Å². The van der Waals surface area contributed by atoms with Gasteiger partial charge in [0.25, 0.3) is 0 Å². The van der Waals surface area contributed by atoms with Gasteiger partial charge in [0.05, 0.1) is 12.7 Å². The second kappa shape index (κ2) is 8.19. The third kappa shape index (κ3) is 4.41. The highest BCUT2D eigenvalue weighted by atomic mass is 35.5. The van der Waals surface area contributed by atoms with Gasteiger partial charge in [-0.1, -0.05) is 23.7 Å². The van der Waals surface area contributed by atoms with Gasteiger partial charge in [-0.25, -0.2) is 0 Å². The largest absolute Gasteiger partial charge is 0.373 e. The standard InChI is InChI=1S/C18H27ClN4O/c1-20-18(22(2)11-14-5-3-6-15(19)9-14)21-10-17-12-23-8-4-7-16(23)13-24-17/h3,5-6,9,16-17H,4,7-8,10-13H2,1-2H3,(H,20,21). The van der Waals surface area contributed by atoms with E-state index in [-0.39, 0.29) is 6.10 Å². The van der Waals surface area contributed by atoms with Crippen molar-refractivity contribution in [3.8, 4) is 0 Å². The van der Waals surface area contributed by atoms with Crippen molar-refractivity contribution in [2.24, 2.45) is 4.99 Å². The summed E-state index contributed by atoms with van der Waals surface area (Å²) in [6.45, 7) is 4.65. The smallest absolute Gasteiger partial charge is 0.193 e. The van der Waals surface area contributed by atoms with Gasteiger partial charge in [-0.05, 0) is 37.1 Å². The first-order valence-electron chi connectivity index (χ1n) is 8.67. The summed E-state index contributed by atoms with van der Waals surface area (Å²) in [6, 6.07) is 8.58. The van der Waals surface area contributed by atoms with Gasteiger partial charge in [0.2, 0.25) is 0 Å². The molecule has 1 aromatic rings. The van der Waals surface area contributed by atoms with Gasteiger partial charge in [-0.3, -0.25) is 9.89 Å². The summed E-state index contributed by atoms with van der Waals surface area (Å²) in [4.78, 5) is 9.05. The quantitative estimate of drug-likeness (QED) is 0.667. The highest BCUT2D eigenvalue weighted by molar-refractivity contribution is 6.30. The monoisotopic (exact) mass is 350 g/mol. The number of nitrogens with zero attached hydrogens (tertiary/aromatic N) is 3. The van der Waals surface area contributed by atoms with E-state index >= 15 is 0 Å². The Morgan fingerprint density at radius 1 is 1.50 bits per heavy atom. The highest BCUT2D eigenvalue weighted by Crippen LogP contribution is 2.22. The second-order valence-electron chi connectivity index (χ2n) is 6.66.